The first-order valence-corrected chi connectivity index (χ1v) is 8.07. The highest BCUT2D eigenvalue weighted by Gasteiger charge is 2.17. The molecule has 0 bridgehead atoms. The van der Waals surface area contributed by atoms with Crippen molar-refractivity contribution in [3.63, 3.8) is 0 Å². The van der Waals surface area contributed by atoms with Crippen molar-refractivity contribution in [3.05, 3.63) is 5.56 Å². The van der Waals surface area contributed by atoms with Gasteiger partial charge in [-0.25, -0.2) is 8.42 Å². The van der Waals surface area contributed by atoms with Gasteiger partial charge in [-0.15, -0.1) is 0 Å². The lowest BCUT2D eigenvalue weighted by molar-refractivity contribution is 0.0965. The highest BCUT2D eigenvalue weighted by Crippen LogP contribution is 2.26. The summed E-state index contributed by atoms with van der Waals surface area (Å²) in [5, 5.41) is 6.00. The Morgan fingerprint density at radius 3 is 2.72 bits per heavy atom. The quantitative estimate of drug-likeness (QED) is 0.632. The Morgan fingerprint density at radius 1 is 1.50 bits per heavy atom. The van der Waals surface area contributed by atoms with Crippen LogP contribution < -0.4 is 16.4 Å². The van der Waals surface area contributed by atoms with Crippen molar-refractivity contribution in [2.24, 2.45) is 0 Å². The second-order valence-electron chi connectivity index (χ2n) is 3.76. The van der Waals surface area contributed by atoms with Crippen LogP contribution in [0.2, 0.25) is 0 Å². The average Bonchev–Trinajstić information content (AvgIpc) is 2.64. The first kappa shape index (κ1) is 14.7. The van der Waals surface area contributed by atoms with Gasteiger partial charge in [-0.1, -0.05) is 0 Å². The molecule has 0 atom stereocenters. The highest BCUT2D eigenvalue weighted by atomic mass is 32.2. The number of nitrogens with one attached hydrogen (secondary N) is 2. The van der Waals surface area contributed by atoms with E-state index in [1.165, 1.54) is 13.3 Å². The molecule has 0 unspecified atom stereocenters. The van der Waals surface area contributed by atoms with E-state index in [0.717, 1.165) is 11.5 Å². The largest absolute Gasteiger partial charge is 0.382 e. The summed E-state index contributed by atoms with van der Waals surface area (Å²) in [5.74, 6) is -0.0410. The Hall–Kier alpha value is -1.35. The van der Waals surface area contributed by atoms with Gasteiger partial charge in [-0.3, -0.25) is 4.79 Å². The fourth-order valence-corrected chi connectivity index (χ4v) is 2.71. The number of carbonyl (C=O) groups is 1. The molecule has 18 heavy (non-hydrogen) atoms. The van der Waals surface area contributed by atoms with E-state index >= 15 is 0 Å². The van der Waals surface area contributed by atoms with Crippen LogP contribution in [0.3, 0.4) is 0 Å². The van der Waals surface area contributed by atoms with E-state index in [-0.39, 0.29) is 17.5 Å². The molecular weight excluding hydrogens is 276 g/mol. The van der Waals surface area contributed by atoms with Gasteiger partial charge in [-0.2, -0.15) is 4.37 Å². The van der Waals surface area contributed by atoms with Gasteiger partial charge in [0.2, 0.25) is 0 Å². The second-order valence-corrected chi connectivity index (χ2v) is 6.79. The van der Waals surface area contributed by atoms with Crippen molar-refractivity contribution in [2.75, 3.05) is 36.7 Å². The second kappa shape index (κ2) is 6.01. The fraction of sp³-hybridized carbons (Fsp3) is 0.556. The molecule has 1 aromatic heterocycles. The minimum absolute atomic E-state index is 0.101. The number of aromatic nitrogens is 1. The molecule has 0 aliphatic rings. The van der Waals surface area contributed by atoms with Crippen LogP contribution in [-0.2, 0) is 9.84 Å². The Bertz CT molecular complexity index is 524. The maximum absolute atomic E-state index is 11.5. The molecule has 0 spiro atoms. The molecule has 1 rings (SSSR count). The normalized spacial score (nSPS) is 11.2. The monoisotopic (exact) mass is 292 g/mol. The standard InChI is InChI=1S/C9H16N4O3S2/c1-11-8(14)6-7(10)13-17-9(6)12-4-3-5-18(2,15)16/h12H,3-5H2,1-2H3,(H2,10,13)(H,11,14). The minimum atomic E-state index is -2.96. The van der Waals surface area contributed by atoms with Crippen LogP contribution >= 0.6 is 11.5 Å². The van der Waals surface area contributed by atoms with Crippen LogP contribution in [0.5, 0.6) is 0 Å². The summed E-state index contributed by atoms with van der Waals surface area (Å²) >= 11 is 1.08. The molecule has 0 saturated heterocycles. The summed E-state index contributed by atoms with van der Waals surface area (Å²) in [5.41, 5.74) is 5.90. The summed E-state index contributed by atoms with van der Waals surface area (Å²) in [7, 11) is -1.45. The number of amides is 1. The van der Waals surface area contributed by atoms with E-state index in [2.05, 4.69) is 15.0 Å². The van der Waals surface area contributed by atoms with Gasteiger partial charge in [0.1, 0.15) is 20.4 Å². The van der Waals surface area contributed by atoms with Crippen LogP contribution in [0.1, 0.15) is 16.8 Å². The lowest BCUT2D eigenvalue weighted by Crippen LogP contribution is -2.20. The van der Waals surface area contributed by atoms with E-state index in [9.17, 15) is 13.2 Å². The third-order valence-corrected chi connectivity index (χ3v) is 4.00. The van der Waals surface area contributed by atoms with Gasteiger partial charge in [0, 0.05) is 19.8 Å². The van der Waals surface area contributed by atoms with E-state index in [1.807, 2.05) is 0 Å². The number of rotatable bonds is 6. The van der Waals surface area contributed by atoms with Crippen LogP contribution in [0.4, 0.5) is 10.8 Å². The number of nitrogen functional groups attached to an aromatic ring is 1. The zero-order chi connectivity index (χ0) is 13.8. The summed E-state index contributed by atoms with van der Waals surface area (Å²) in [6.07, 6.45) is 1.65. The molecule has 0 aliphatic heterocycles. The molecule has 102 valence electrons. The molecule has 0 fully saturated rings. The number of hydrogen-bond donors (Lipinski definition) is 3. The maximum atomic E-state index is 11.5. The first-order chi connectivity index (χ1) is 8.35. The third-order valence-electron chi connectivity index (χ3n) is 2.15. The third kappa shape index (κ3) is 4.15. The van der Waals surface area contributed by atoms with Gasteiger partial charge in [0.25, 0.3) is 5.91 Å². The van der Waals surface area contributed by atoms with Crippen LogP contribution in [0.15, 0.2) is 0 Å². The fourth-order valence-electron chi connectivity index (χ4n) is 1.30. The van der Waals surface area contributed by atoms with E-state index in [1.54, 1.807) is 0 Å². The van der Waals surface area contributed by atoms with Crippen molar-refractivity contribution >= 4 is 38.1 Å². The molecule has 1 aromatic rings. The van der Waals surface area contributed by atoms with E-state index < -0.39 is 9.84 Å². The molecule has 7 nitrogen and oxygen atoms in total. The Balaban J connectivity index is 2.60. The van der Waals surface area contributed by atoms with Gasteiger partial charge in [0.05, 0.1) is 5.75 Å². The zero-order valence-electron chi connectivity index (χ0n) is 10.2. The molecule has 0 aliphatic carbocycles. The van der Waals surface area contributed by atoms with Crippen molar-refractivity contribution in [1.82, 2.24) is 9.69 Å². The summed E-state index contributed by atoms with van der Waals surface area (Å²) in [6, 6.07) is 0. The smallest absolute Gasteiger partial charge is 0.257 e. The van der Waals surface area contributed by atoms with Crippen LogP contribution in [-0.4, -0.2) is 44.3 Å². The Morgan fingerprint density at radius 2 is 2.17 bits per heavy atom. The van der Waals surface area contributed by atoms with Gasteiger partial charge in [0.15, 0.2) is 5.82 Å². The van der Waals surface area contributed by atoms with Crippen LogP contribution in [0, 0.1) is 0 Å². The molecule has 4 N–H and O–H groups in total. The van der Waals surface area contributed by atoms with Gasteiger partial charge >= 0.3 is 0 Å². The Labute approximate surface area is 110 Å². The van der Waals surface area contributed by atoms with Crippen LogP contribution in [0.25, 0.3) is 0 Å². The van der Waals surface area contributed by atoms with Gasteiger partial charge < -0.3 is 16.4 Å². The molecular formula is C9H16N4O3S2. The Kier molecular flexibility index (Phi) is 4.91. The average molecular weight is 292 g/mol. The zero-order valence-corrected chi connectivity index (χ0v) is 11.8. The molecule has 1 amide bonds. The summed E-state index contributed by atoms with van der Waals surface area (Å²) < 4.78 is 25.8. The highest BCUT2D eigenvalue weighted by molar-refractivity contribution is 7.90. The van der Waals surface area contributed by atoms with Crippen molar-refractivity contribution in [3.8, 4) is 0 Å². The number of sulfone groups is 1. The number of nitrogens with zero attached hydrogens (tertiary/aromatic N) is 1. The molecule has 9 heteroatoms. The van der Waals surface area contributed by atoms with Crippen molar-refractivity contribution in [1.29, 1.82) is 0 Å². The SMILES string of the molecule is CNC(=O)c1c(N)nsc1NCCCS(C)(=O)=O. The van der Waals surface area contributed by atoms with E-state index in [0.29, 0.717) is 23.5 Å². The molecule has 0 aromatic carbocycles. The summed E-state index contributed by atoms with van der Waals surface area (Å²) in [4.78, 5) is 11.5. The van der Waals surface area contributed by atoms with Gasteiger partial charge in [-0.05, 0) is 18.0 Å². The number of hydrogen-bond acceptors (Lipinski definition) is 7. The van der Waals surface area contributed by atoms with E-state index in [4.69, 9.17) is 5.73 Å². The first-order valence-electron chi connectivity index (χ1n) is 5.24. The minimum Gasteiger partial charge on any atom is -0.382 e. The predicted octanol–water partition coefficient (Wildman–Crippen LogP) is -0.0685. The predicted molar refractivity (Wildman–Crippen MR) is 72.7 cm³/mol. The number of anilines is 2. The molecule has 0 saturated carbocycles. The molecule has 0 radical (unpaired) electrons. The lowest BCUT2D eigenvalue weighted by atomic mass is 10.3. The topological polar surface area (TPSA) is 114 Å². The summed E-state index contributed by atoms with van der Waals surface area (Å²) in [6.45, 7) is 0.443. The van der Waals surface area contributed by atoms with Crippen molar-refractivity contribution < 1.29 is 13.2 Å². The maximum Gasteiger partial charge on any atom is 0.257 e. The van der Waals surface area contributed by atoms with Crippen molar-refractivity contribution in [2.45, 2.75) is 6.42 Å². The lowest BCUT2D eigenvalue weighted by Gasteiger charge is -2.05. The number of carbonyl (C=O) groups excluding carboxylic acids is 1. The number of nitrogens with two attached hydrogens (primary N) is 1. The molecule has 1 heterocycles.